The molecule has 1 aliphatic heterocycles. The van der Waals surface area contributed by atoms with Crippen LogP contribution in [0, 0.1) is 0 Å². The van der Waals surface area contributed by atoms with E-state index in [1.807, 2.05) is 4.90 Å². The Morgan fingerprint density at radius 3 is 2.53 bits per heavy atom. The van der Waals surface area contributed by atoms with Crippen LogP contribution in [0.2, 0.25) is 0 Å². The van der Waals surface area contributed by atoms with Crippen LogP contribution in [0.25, 0.3) is 0 Å². The van der Waals surface area contributed by atoms with E-state index in [9.17, 15) is 9.59 Å². The van der Waals surface area contributed by atoms with Crippen LogP contribution in [0.15, 0.2) is 0 Å². The van der Waals surface area contributed by atoms with Crippen LogP contribution < -0.4 is 16.8 Å². The van der Waals surface area contributed by atoms with E-state index in [1.165, 1.54) is 0 Å². The molecule has 0 saturated carbocycles. The Hall–Kier alpha value is -0.850. The van der Waals surface area contributed by atoms with Gasteiger partial charge in [0.1, 0.15) is 0 Å². The molecule has 1 aliphatic rings. The molecule has 0 aromatic carbocycles. The van der Waals surface area contributed by atoms with Crippen LogP contribution in [-0.2, 0) is 4.79 Å². The predicted octanol–water partition coefficient (Wildman–Crippen LogP) is -0.975. The van der Waals surface area contributed by atoms with E-state index >= 15 is 0 Å². The third-order valence-electron chi connectivity index (χ3n) is 2.43. The molecule has 6 nitrogen and oxygen atoms in total. The number of nitrogens with zero attached hydrogens (tertiary/aromatic N) is 1. The molecule has 2 atom stereocenters. The highest BCUT2D eigenvalue weighted by molar-refractivity contribution is 5.96. The highest BCUT2D eigenvalue weighted by Gasteiger charge is 2.27. The van der Waals surface area contributed by atoms with E-state index in [4.69, 9.17) is 11.5 Å². The quantitative estimate of drug-likeness (QED) is 0.574. The zero-order valence-electron chi connectivity index (χ0n) is 8.60. The molecule has 3 amide bonds. The van der Waals surface area contributed by atoms with E-state index in [0.29, 0.717) is 6.54 Å². The van der Waals surface area contributed by atoms with E-state index < -0.39 is 6.03 Å². The average Bonchev–Trinajstić information content (AvgIpc) is 2.49. The SMILES string of the molecule is CC(C(=O)NC(N)=O)N1CCC(N)C1.Cl. The number of likely N-dealkylation sites (tertiary alicyclic amines) is 1. The van der Waals surface area contributed by atoms with E-state index in [1.54, 1.807) is 6.92 Å². The molecule has 1 rings (SSSR count). The van der Waals surface area contributed by atoms with Crippen molar-refractivity contribution >= 4 is 24.3 Å². The van der Waals surface area contributed by atoms with E-state index in [2.05, 4.69) is 5.32 Å². The molecule has 0 bridgehead atoms. The summed E-state index contributed by atoms with van der Waals surface area (Å²) in [5, 5.41) is 2.05. The molecule has 7 heteroatoms. The Labute approximate surface area is 94.8 Å². The number of hydrogen-bond donors (Lipinski definition) is 3. The first-order valence-electron chi connectivity index (χ1n) is 4.60. The fraction of sp³-hybridized carbons (Fsp3) is 0.750. The molecule has 15 heavy (non-hydrogen) atoms. The zero-order chi connectivity index (χ0) is 10.7. The van der Waals surface area contributed by atoms with Gasteiger partial charge in [0.2, 0.25) is 5.91 Å². The van der Waals surface area contributed by atoms with Crippen molar-refractivity contribution in [2.75, 3.05) is 13.1 Å². The summed E-state index contributed by atoms with van der Waals surface area (Å²) in [4.78, 5) is 23.7. The van der Waals surface area contributed by atoms with E-state index in [-0.39, 0.29) is 30.4 Å². The van der Waals surface area contributed by atoms with Gasteiger partial charge in [-0.05, 0) is 13.3 Å². The van der Waals surface area contributed by atoms with Crippen LogP contribution in [0.1, 0.15) is 13.3 Å². The lowest BCUT2D eigenvalue weighted by molar-refractivity contribution is -0.124. The Balaban J connectivity index is 0.00000196. The Morgan fingerprint density at radius 1 is 1.53 bits per heavy atom. The number of halogens is 1. The Morgan fingerprint density at radius 2 is 2.13 bits per heavy atom. The van der Waals surface area contributed by atoms with Crippen molar-refractivity contribution in [3.05, 3.63) is 0 Å². The van der Waals surface area contributed by atoms with Gasteiger partial charge in [-0.2, -0.15) is 0 Å². The molecular formula is C8H17ClN4O2. The number of nitrogens with one attached hydrogen (secondary N) is 1. The summed E-state index contributed by atoms with van der Waals surface area (Å²) in [6, 6.07) is -1.04. The number of rotatable bonds is 2. The molecule has 0 aliphatic carbocycles. The molecule has 0 spiro atoms. The van der Waals surface area contributed by atoms with Crippen molar-refractivity contribution < 1.29 is 9.59 Å². The van der Waals surface area contributed by atoms with Crippen LogP contribution >= 0.6 is 12.4 Å². The first kappa shape index (κ1) is 14.2. The van der Waals surface area contributed by atoms with Crippen LogP contribution in [0.3, 0.4) is 0 Å². The average molecular weight is 237 g/mol. The van der Waals surface area contributed by atoms with Gasteiger partial charge < -0.3 is 11.5 Å². The van der Waals surface area contributed by atoms with Crippen LogP contribution in [-0.4, -0.2) is 42.0 Å². The summed E-state index contributed by atoms with van der Waals surface area (Å²) >= 11 is 0. The van der Waals surface area contributed by atoms with Gasteiger partial charge in [0.15, 0.2) is 0 Å². The maximum absolute atomic E-state index is 11.4. The van der Waals surface area contributed by atoms with Gasteiger partial charge in [-0.3, -0.25) is 15.0 Å². The number of amides is 3. The van der Waals surface area contributed by atoms with Crippen LogP contribution in [0.5, 0.6) is 0 Å². The molecule has 2 unspecified atom stereocenters. The van der Waals surface area contributed by atoms with Crippen molar-refractivity contribution in [2.24, 2.45) is 11.5 Å². The van der Waals surface area contributed by atoms with Crippen molar-refractivity contribution in [3.63, 3.8) is 0 Å². The highest BCUT2D eigenvalue weighted by atomic mass is 35.5. The van der Waals surface area contributed by atoms with Gasteiger partial charge in [-0.15, -0.1) is 12.4 Å². The number of urea groups is 1. The first-order chi connectivity index (χ1) is 6.50. The lowest BCUT2D eigenvalue weighted by atomic mass is 10.3. The molecule has 0 aromatic rings. The summed E-state index contributed by atoms with van der Waals surface area (Å²) in [5.41, 5.74) is 10.5. The minimum absolute atomic E-state index is 0. The van der Waals surface area contributed by atoms with Gasteiger partial charge >= 0.3 is 6.03 Å². The first-order valence-corrected chi connectivity index (χ1v) is 4.60. The smallest absolute Gasteiger partial charge is 0.318 e. The van der Waals surface area contributed by atoms with Gasteiger partial charge in [-0.1, -0.05) is 0 Å². The number of imide groups is 1. The van der Waals surface area contributed by atoms with Gasteiger partial charge in [0, 0.05) is 19.1 Å². The number of primary amides is 1. The molecule has 88 valence electrons. The largest absolute Gasteiger partial charge is 0.351 e. The minimum Gasteiger partial charge on any atom is -0.351 e. The standard InChI is InChI=1S/C8H16N4O2.ClH/c1-5(7(13)11-8(10)14)12-3-2-6(9)4-12;/h5-6H,2-4,9H2,1H3,(H3,10,11,13,14);1H. The summed E-state index contributed by atoms with van der Waals surface area (Å²) < 4.78 is 0. The number of carbonyl (C=O) groups excluding carboxylic acids is 2. The second-order valence-corrected chi connectivity index (χ2v) is 3.57. The van der Waals surface area contributed by atoms with Gasteiger partial charge in [0.25, 0.3) is 0 Å². The lowest BCUT2D eigenvalue weighted by Crippen LogP contribution is -2.48. The summed E-state index contributed by atoms with van der Waals surface area (Å²) in [6.07, 6.45) is 0.883. The topological polar surface area (TPSA) is 101 Å². The second-order valence-electron chi connectivity index (χ2n) is 3.57. The molecule has 5 N–H and O–H groups in total. The van der Waals surface area contributed by atoms with E-state index in [0.717, 1.165) is 13.0 Å². The van der Waals surface area contributed by atoms with Gasteiger partial charge in [-0.25, -0.2) is 4.79 Å². The van der Waals surface area contributed by atoms with Crippen molar-refractivity contribution in [1.82, 2.24) is 10.2 Å². The summed E-state index contributed by atoms with van der Waals surface area (Å²) in [7, 11) is 0. The van der Waals surface area contributed by atoms with Crippen molar-refractivity contribution in [2.45, 2.75) is 25.4 Å². The highest BCUT2D eigenvalue weighted by Crippen LogP contribution is 2.10. The van der Waals surface area contributed by atoms with Crippen molar-refractivity contribution in [1.29, 1.82) is 0 Å². The maximum atomic E-state index is 11.4. The normalized spacial score (nSPS) is 22.9. The fourth-order valence-electron chi connectivity index (χ4n) is 1.56. The lowest BCUT2D eigenvalue weighted by Gasteiger charge is -2.22. The number of hydrogen-bond acceptors (Lipinski definition) is 4. The second kappa shape index (κ2) is 5.89. The Bertz CT molecular complexity index is 249. The number of carbonyl (C=O) groups is 2. The Kier molecular flexibility index (Phi) is 5.56. The molecule has 1 saturated heterocycles. The van der Waals surface area contributed by atoms with Crippen molar-refractivity contribution in [3.8, 4) is 0 Å². The fourth-order valence-corrected chi connectivity index (χ4v) is 1.56. The minimum atomic E-state index is -0.814. The molecular weight excluding hydrogens is 220 g/mol. The van der Waals surface area contributed by atoms with Gasteiger partial charge in [0.05, 0.1) is 6.04 Å². The summed E-state index contributed by atoms with van der Waals surface area (Å²) in [6.45, 7) is 3.21. The molecule has 0 aromatic heterocycles. The predicted molar refractivity (Wildman–Crippen MR) is 58.6 cm³/mol. The molecule has 1 heterocycles. The summed E-state index contributed by atoms with van der Waals surface area (Å²) in [5.74, 6) is -0.369. The number of nitrogens with two attached hydrogens (primary N) is 2. The monoisotopic (exact) mass is 236 g/mol. The maximum Gasteiger partial charge on any atom is 0.318 e. The zero-order valence-corrected chi connectivity index (χ0v) is 9.42. The van der Waals surface area contributed by atoms with Crippen LogP contribution in [0.4, 0.5) is 4.79 Å². The third kappa shape index (κ3) is 4.03. The molecule has 1 fully saturated rings. The molecule has 0 radical (unpaired) electrons. The third-order valence-corrected chi connectivity index (χ3v) is 2.43.